The van der Waals surface area contributed by atoms with Crippen molar-refractivity contribution >= 4 is 5.91 Å². The summed E-state index contributed by atoms with van der Waals surface area (Å²) >= 11 is 0. The first kappa shape index (κ1) is 13.7. The van der Waals surface area contributed by atoms with Crippen LogP contribution in [0.2, 0.25) is 0 Å². The van der Waals surface area contributed by atoms with Gasteiger partial charge in [0, 0.05) is 36.9 Å². The molecule has 0 aliphatic heterocycles. The van der Waals surface area contributed by atoms with E-state index in [4.69, 9.17) is 5.73 Å². The van der Waals surface area contributed by atoms with Crippen molar-refractivity contribution in [2.75, 3.05) is 6.54 Å². The van der Waals surface area contributed by atoms with Gasteiger partial charge in [-0.05, 0) is 42.7 Å². The average Bonchev–Trinajstić information content (AvgIpc) is 3.12. The normalized spacial score (nSPS) is 24.2. The molecule has 1 fully saturated rings. The molecule has 1 atom stereocenters. The monoisotopic (exact) mass is 275 g/mol. The molecule has 1 heterocycles. The standard InChI is InChI=1S/C16H25N3O/c1-16(2)9-13(17)12-5-7-19(14(12)10-16)8-6-18-15(20)11-3-4-11/h5,7,11,13H,3-4,6,8-10,17H2,1-2H3,(H,18,20). The predicted octanol–water partition coefficient (Wildman–Crippen LogP) is 1.99. The molecule has 1 aromatic rings. The van der Waals surface area contributed by atoms with Crippen molar-refractivity contribution in [3.63, 3.8) is 0 Å². The van der Waals surface area contributed by atoms with Crippen molar-refractivity contribution in [1.82, 2.24) is 9.88 Å². The molecule has 0 aromatic carbocycles. The Morgan fingerprint density at radius 2 is 2.25 bits per heavy atom. The Hall–Kier alpha value is -1.29. The van der Waals surface area contributed by atoms with Crippen LogP contribution in [0.5, 0.6) is 0 Å². The zero-order valence-electron chi connectivity index (χ0n) is 12.5. The molecule has 0 saturated heterocycles. The first-order chi connectivity index (χ1) is 9.46. The molecule has 1 aromatic heterocycles. The molecule has 2 aliphatic rings. The average molecular weight is 275 g/mol. The summed E-state index contributed by atoms with van der Waals surface area (Å²) in [6.07, 6.45) is 6.36. The van der Waals surface area contributed by atoms with E-state index in [0.29, 0.717) is 12.5 Å². The minimum Gasteiger partial charge on any atom is -0.354 e. The van der Waals surface area contributed by atoms with Gasteiger partial charge in [-0.1, -0.05) is 13.8 Å². The van der Waals surface area contributed by atoms with Crippen LogP contribution in [0.1, 0.15) is 50.4 Å². The number of nitrogens with zero attached hydrogens (tertiary/aromatic N) is 1. The van der Waals surface area contributed by atoms with Crippen LogP contribution in [0.15, 0.2) is 12.3 Å². The summed E-state index contributed by atoms with van der Waals surface area (Å²) < 4.78 is 2.27. The Bertz CT molecular complexity index is 514. The Kier molecular flexibility index (Phi) is 3.36. The Morgan fingerprint density at radius 1 is 1.50 bits per heavy atom. The molecule has 1 amide bonds. The van der Waals surface area contributed by atoms with E-state index in [1.54, 1.807) is 0 Å². The number of nitrogens with one attached hydrogen (secondary N) is 1. The molecule has 3 N–H and O–H groups in total. The van der Waals surface area contributed by atoms with Crippen LogP contribution in [0, 0.1) is 11.3 Å². The summed E-state index contributed by atoms with van der Waals surface area (Å²) in [6.45, 7) is 6.12. The molecule has 110 valence electrons. The number of fused-ring (bicyclic) bond motifs is 1. The van der Waals surface area contributed by atoms with Gasteiger partial charge in [0.15, 0.2) is 0 Å². The van der Waals surface area contributed by atoms with E-state index in [-0.39, 0.29) is 17.4 Å². The lowest BCUT2D eigenvalue weighted by molar-refractivity contribution is -0.122. The van der Waals surface area contributed by atoms with Crippen LogP contribution in [0.25, 0.3) is 0 Å². The summed E-state index contributed by atoms with van der Waals surface area (Å²) in [7, 11) is 0. The molecular formula is C16H25N3O. The number of rotatable bonds is 4. The number of nitrogens with two attached hydrogens (primary N) is 1. The number of amides is 1. The molecule has 4 nitrogen and oxygen atoms in total. The summed E-state index contributed by atoms with van der Waals surface area (Å²) in [4.78, 5) is 11.6. The van der Waals surface area contributed by atoms with Crippen molar-refractivity contribution < 1.29 is 4.79 Å². The van der Waals surface area contributed by atoms with E-state index < -0.39 is 0 Å². The molecule has 4 heteroatoms. The van der Waals surface area contributed by atoms with Gasteiger partial charge in [0.25, 0.3) is 0 Å². The molecule has 1 unspecified atom stereocenters. The highest BCUT2D eigenvalue weighted by atomic mass is 16.2. The minimum atomic E-state index is 0.149. The third-order valence-corrected chi connectivity index (χ3v) is 4.53. The first-order valence-electron chi connectivity index (χ1n) is 7.67. The van der Waals surface area contributed by atoms with Crippen LogP contribution in [-0.2, 0) is 17.8 Å². The summed E-state index contributed by atoms with van der Waals surface area (Å²) in [6, 6.07) is 2.30. The zero-order chi connectivity index (χ0) is 14.3. The van der Waals surface area contributed by atoms with Gasteiger partial charge in [-0.15, -0.1) is 0 Å². The third-order valence-electron chi connectivity index (χ3n) is 4.53. The Labute approximate surface area is 120 Å². The molecule has 0 radical (unpaired) electrons. The van der Waals surface area contributed by atoms with Crippen molar-refractivity contribution in [2.45, 2.75) is 52.1 Å². The SMILES string of the molecule is CC1(C)Cc2c(ccn2CCNC(=O)C2CC2)C(N)C1. The van der Waals surface area contributed by atoms with Gasteiger partial charge < -0.3 is 15.6 Å². The molecule has 3 rings (SSSR count). The van der Waals surface area contributed by atoms with Gasteiger partial charge in [-0.2, -0.15) is 0 Å². The van der Waals surface area contributed by atoms with Crippen molar-refractivity contribution in [2.24, 2.45) is 17.1 Å². The van der Waals surface area contributed by atoms with Crippen LogP contribution in [0.3, 0.4) is 0 Å². The van der Waals surface area contributed by atoms with Crippen LogP contribution < -0.4 is 11.1 Å². The predicted molar refractivity (Wildman–Crippen MR) is 79.2 cm³/mol. The van der Waals surface area contributed by atoms with E-state index in [0.717, 1.165) is 32.2 Å². The van der Waals surface area contributed by atoms with E-state index >= 15 is 0 Å². The van der Waals surface area contributed by atoms with Crippen molar-refractivity contribution in [1.29, 1.82) is 0 Å². The van der Waals surface area contributed by atoms with Gasteiger partial charge in [-0.3, -0.25) is 4.79 Å². The third kappa shape index (κ3) is 2.75. The number of carbonyl (C=O) groups excluding carboxylic acids is 1. The largest absolute Gasteiger partial charge is 0.354 e. The van der Waals surface area contributed by atoms with Gasteiger partial charge in [-0.25, -0.2) is 0 Å². The highest BCUT2D eigenvalue weighted by Gasteiger charge is 2.32. The lowest BCUT2D eigenvalue weighted by Gasteiger charge is -2.34. The smallest absolute Gasteiger partial charge is 0.223 e. The lowest BCUT2D eigenvalue weighted by atomic mass is 9.74. The highest BCUT2D eigenvalue weighted by Crippen LogP contribution is 2.39. The van der Waals surface area contributed by atoms with E-state index in [2.05, 4.69) is 36.0 Å². The summed E-state index contributed by atoms with van der Waals surface area (Å²) in [5.74, 6) is 0.518. The fourth-order valence-corrected chi connectivity index (χ4v) is 3.29. The molecule has 20 heavy (non-hydrogen) atoms. The van der Waals surface area contributed by atoms with Gasteiger partial charge in [0.1, 0.15) is 0 Å². The first-order valence-corrected chi connectivity index (χ1v) is 7.67. The molecular weight excluding hydrogens is 250 g/mol. The molecule has 2 aliphatic carbocycles. The Morgan fingerprint density at radius 3 is 2.95 bits per heavy atom. The second-order valence-electron chi connectivity index (χ2n) is 7.13. The van der Waals surface area contributed by atoms with Crippen LogP contribution in [0.4, 0.5) is 0 Å². The second kappa shape index (κ2) is 4.92. The summed E-state index contributed by atoms with van der Waals surface area (Å²) in [5, 5.41) is 3.03. The second-order valence-corrected chi connectivity index (χ2v) is 7.13. The van der Waals surface area contributed by atoms with E-state index in [1.807, 2.05) is 0 Å². The fourth-order valence-electron chi connectivity index (χ4n) is 3.29. The topological polar surface area (TPSA) is 60.0 Å². The molecule has 1 saturated carbocycles. The van der Waals surface area contributed by atoms with Gasteiger partial charge in [0.05, 0.1) is 0 Å². The number of hydrogen-bond acceptors (Lipinski definition) is 2. The van der Waals surface area contributed by atoms with Crippen molar-refractivity contribution in [3.8, 4) is 0 Å². The summed E-state index contributed by atoms with van der Waals surface area (Å²) in [5.41, 5.74) is 9.19. The van der Waals surface area contributed by atoms with Crippen molar-refractivity contribution in [3.05, 3.63) is 23.5 Å². The number of carbonyl (C=O) groups is 1. The highest BCUT2D eigenvalue weighted by molar-refractivity contribution is 5.80. The zero-order valence-corrected chi connectivity index (χ0v) is 12.5. The van der Waals surface area contributed by atoms with Crippen LogP contribution >= 0.6 is 0 Å². The van der Waals surface area contributed by atoms with E-state index in [9.17, 15) is 4.79 Å². The number of aromatic nitrogens is 1. The van der Waals surface area contributed by atoms with E-state index in [1.165, 1.54) is 11.3 Å². The lowest BCUT2D eigenvalue weighted by Crippen LogP contribution is -2.32. The van der Waals surface area contributed by atoms with Gasteiger partial charge in [0.2, 0.25) is 5.91 Å². The minimum absolute atomic E-state index is 0.149. The fraction of sp³-hybridized carbons (Fsp3) is 0.688. The van der Waals surface area contributed by atoms with Crippen LogP contribution in [-0.4, -0.2) is 17.0 Å². The quantitative estimate of drug-likeness (QED) is 0.883. The number of hydrogen-bond donors (Lipinski definition) is 2. The maximum atomic E-state index is 11.6. The Balaban J connectivity index is 1.64. The maximum Gasteiger partial charge on any atom is 0.223 e. The molecule has 0 spiro atoms. The van der Waals surface area contributed by atoms with Gasteiger partial charge >= 0.3 is 0 Å². The molecule has 0 bridgehead atoms. The maximum absolute atomic E-state index is 11.6.